The lowest BCUT2D eigenvalue weighted by Crippen LogP contribution is -2.27. The fourth-order valence-electron chi connectivity index (χ4n) is 1.95. The van der Waals surface area contributed by atoms with Crippen LogP contribution in [-0.4, -0.2) is 15.9 Å². The van der Waals surface area contributed by atoms with E-state index in [1.165, 1.54) is 17.4 Å². The van der Waals surface area contributed by atoms with Crippen LogP contribution in [0.25, 0.3) is 10.2 Å². The second-order valence-electron chi connectivity index (χ2n) is 4.21. The van der Waals surface area contributed by atoms with Crippen molar-refractivity contribution in [2.45, 2.75) is 18.4 Å². The van der Waals surface area contributed by atoms with Crippen LogP contribution in [0, 0.1) is 0 Å². The molecule has 1 aliphatic carbocycles. The maximum Gasteiger partial charge on any atom is 0.155 e. The predicted octanol–water partition coefficient (Wildman–Crippen LogP) is 2.40. The molecule has 1 N–H and O–H groups in total. The Labute approximate surface area is 102 Å². The zero-order chi connectivity index (χ0) is 11.9. The van der Waals surface area contributed by atoms with Crippen LogP contribution in [0.1, 0.15) is 17.8 Å². The highest BCUT2D eigenvalue weighted by Crippen LogP contribution is 2.36. The first kappa shape index (κ1) is 10.6. The molecule has 86 valence electrons. The Balaban J connectivity index is 2.09. The van der Waals surface area contributed by atoms with E-state index in [4.69, 9.17) is 0 Å². The van der Waals surface area contributed by atoms with E-state index in [2.05, 4.69) is 4.98 Å². The molecular formula is C13H11NO2S. The maximum atomic E-state index is 11.1. The van der Waals surface area contributed by atoms with Crippen molar-refractivity contribution in [3.8, 4) is 0 Å². The summed E-state index contributed by atoms with van der Waals surface area (Å²) in [6.45, 7) is 0. The van der Waals surface area contributed by atoms with Crippen molar-refractivity contribution in [2.24, 2.45) is 0 Å². The molecule has 0 radical (unpaired) electrons. The molecular weight excluding hydrogens is 234 g/mol. The number of rotatable bonds is 1. The number of aliphatic hydroxyl groups is 1. The Kier molecular flexibility index (Phi) is 2.34. The van der Waals surface area contributed by atoms with Crippen molar-refractivity contribution in [3.05, 3.63) is 41.4 Å². The zero-order valence-electron chi connectivity index (χ0n) is 9.09. The van der Waals surface area contributed by atoms with Crippen LogP contribution in [-0.2, 0) is 10.4 Å². The number of nitrogens with zero attached hydrogens (tertiary/aromatic N) is 1. The molecule has 4 heteroatoms. The monoisotopic (exact) mass is 245 g/mol. The summed E-state index contributed by atoms with van der Waals surface area (Å²) in [5.74, 6) is 0.0655. The molecule has 1 aromatic carbocycles. The summed E-state index contributed by atoms with van der Waals surface area (Å²) in [5, 5.41) is 11.1. The minimum atomic E-state index is -1.07. The van der Waals surface area contributed by atoms with Gasteiger partial charge in [-0.2, -0.15) is 0 Å². The molecule has 0 spiro atoms. The quantitative estimate of drug-likeness (QED) is 0.839. The van der Waals surface area contributed by atoms with Gasteiger partial charge in [0.05, 0.1) is 10.2 Å². The van der Waals surface area contributed by atoms with Gasteiger partial charge in [0.25, 0.3) is 0 Å². The van der Waals surface area contributed by atoms with Crippen LogP contribution in [0.5, 0.6) is 0 Å². The Bertz CT molecular complexity index is 584. The van der Waals surface area contributed by atoms with E-state index in [0.717, 1.165) is 10.2 Å². The molecule has 0 aliphatic heterocycles. The van der Waals surface area contributed by atoms with Crippen molar-refractivity contribution >= 4 is 27.3 Å². The summed E-state index contributed by atoms with van der Waals surface area (Å²) in [6.07, 6.45) is 3.82. The standard InChI is InChI=1S/C13H11NO2S/c15-9-5-7-13(16,8-6-9)12-14-10-3-1-2-4-11(10)17-12/h1-5,7,16H,6,8H2/t13-/m1/s1. The Hall–Kier alpha value is -1.52. The summed E-state index contributed by atoms with van der Waals surface area (Å²) in [6, 6.07) is 7.79. The molecule has 2 aromatic rings. The van der Waals surface area contributed by atoms with Crippen molar-refractivity contribution in [1.29, 1.82) is 0 Å². The van der Waals surface area contributed by atoms with Gasteiger partial charge in [-0.15, -0.1) is 11.3 Å². The summed E-state index contributed by atoms with van der Waals surface area (Å²) in [7, 11) is 0. The first-order valence-electron chi connectivity index (χ1n) is 5.48. The number of benzene rings is 1. The lowest BCUT2D eigenvalue weighted by molar-refractivity contribution is -0.116. The number of para-hydroxylation sites is 1. The highest BCUT2D eigenvalue weighted by atomic mass is 32.1. The zero-order valence-corrected chi connectivity index (χ0v) is 9.91. The number of aromatic nitrogens is 1. The van der Waals surface area contributed by atoms with Crippen LogP contribution in [0.2, 0.25) is 0 Å². The van der Waals surface area contributed by atoms with E-state index in [1.54, 1.807) is 6.08 Å². The molecule has 1 aliphatic rings. The second kappa shape index (κ2) is 3.75. The summed E-state index contributed by atoms with van der Waals surface area (Å²) in [4.78, 5) is 15.6. The van der Waals surface area contributed by atoms with E-state index in [-0.39, 0.29) is 5.78 Å². The van der Waals surface area contributed by atoms with Crippen LogP contribution in [0.3, 0.4) is 0 Å². The van der Waals surface area contributed by atoms with Crippen molar-refractivity contribution < 1.29 is 9.90 Å². The molecule has 0 saturated carbocycles. The normalized spacial score (nSPS) is 24.4. The van der Waals surface area contributed by atoms with Crippen LogP contribution < -0.4 is 0 Å². The first-order chi connectivity index (χ1) is 8.17. The fourth-order valence-corrected chi connectivity index (χ4v) is 3.01. The van der Waals surface area contributed by atoms with E-state index in [1.807, 2.05) is 24.3 Å². The molecule has 1 heterocycles. The van der Waals surface area contributed by atoms with Crippen LogP contribution in [0.4, 0.5) is 0 Å². The van der Waals surface area contributed by atoms with Crippen molar-refractivity contribution in [3.63, 3.8) is 0 Å². The molecule has 3 rings (SSSR count). The van der Waals surface area contributed by atoms with Gasteiger partial charge in [-0.05, 0) is 30.7 Å². The molecule has 3 nitrogen and oxygen atoms in total. The highest BCUT2D eigenvalue weighted by molar-refractivity contribution is 7.18. The third kappa shape index (κ3) is 1.79. The first-order valence-corrected chi connectivity index (χ1v) is 6.29. The van der Waals surface area contributed by atoms with E-state index >= 15 is 0 Å². The number of fused-ring (bicyclic) bond motifs is 1. The van der Waals surface area contributed by atoms with Gasteiger partial charge in [0.15, 0.2) is 5.78 Å². The molecule has 0 fully saturated rings. The van der Waals surface area contributed by atoms with Gasteiger partial charge in [0, 0.05) is 6.42 Å². The number of ketones is 1. The lowest BCUT2D eigenvalue weighted by atomic mass is 9.91. The summed E-state index contributed by atoms with van der Waals surface area (Å²) >= 11 is 1.48. The number of carbonyl (C=O) groups excluding carboxylic acids is 1. The number of thiazole rings is 1. The van der Waals surface area contributed by atoms with E-state index in [0.29, 0.717) is 17.8 Å². The second-order valence-corrected chi connectivity index (χ2v) is 5.24. The minimum absolute atomic E-state index is 0.0655. The maximum absolute atomic E-state index is 11.1. The number of hydrogen-bond acceptors (Lipinski definition) is 4. The molecule has 1 atom stereocenters. The third-order valence-corrected chi connectivity index (χ3v) is 4.16. The average molecular weight is 245 g/mol. The number of carbonyl (C=O) groups is 1. The Morgan fingerprint density at radius 3 is 2.88 bits per heavy atom. The lowest BCUT2D eigenvalue weighted by Gasteiger charge is -2.24. The molecule has 1 aromatic heterocycles. The average Bonchev–Trinajstić information content (AvgIpc) is 2.77. The predicted molar refractivity (Wildman–Crippen MR) is 66.9 cm³/mol. The third-order valence-electron chi connectivity index (χ3n) is 2.96. The SMILES string of the molecule is O=C1C=C[C@](O)(c2nc3ccccc3s2)CC1. The van der Waals surface area contributed by atoms with Crippen molar-refractivity contribution in [2.75, 3.05) is 0 Å². The van der Waals surface area contributed by atoms with Crippen molar-refractivity contribution in [1.82, 2.24) is 4.98 Å². The van der Waals surface area contributed by atoms with E-state index < -0.39 is 5.60 Å². The number of allylic oxidation sites excluding steroid dienone is 1. The highest BCUT2D eigenvalue weighted by Gasteiger charge is 2.33. The minimum Gasteiger partial charge on any atom is -0.378 e. The van der Waals surface area contributed by atoms with Gasteiger partial charge in [0.2, 0.25) is 0 Å². The van der Waals surface area contributed by atoms with Gasteiger partial charge >= 0.3 is 0 Å². The molecule has 0 unspecified atom stereocenters. The van der Waals surface area contributed by atoms with Gasteiger partial charge in [0.1, 0.15) is 10.6 Å². The Morgan fingerprint density at radius 2 is 2.18 bits per heavy atom. The largest absolute Gasteiger partial charge is 0.378 e. The summed E-state index contributed by atoms with van der Waals surface area (Å²) < 4.78 is 1.06. The summed E-state index contributed by atoms with van der Waals surface area (Å²) in [5.41, 5.74) is -0.177. The molecule has 0 bridgehead atoms. The van der Waals surface area contributed by atoms with Crippen LogP contribution in [0.15, 0.2) is 36.4 Å². The topological polar surface area (TPSA) is 50.2 Å². The van der Waals surface area contributed by atoms with Crippen LogP contribution >= 0.6 is 11.3 Å². The fraction of sp³-hybridized carbons (Fsp3) is 0.231. The molecule has 0 amide bonds. The molecule has 0 saturated heterocycles. The van der Waals surface area contributed by atoms with Gasteiger partial charge in [-0.1, -0.05) is 12.1 Å². The smallest absolute Gasteiger partial charge is 0.155 e. The molecule has 17 heavy (non-hydrogen) atoms. The van der Waals surface area contributed by atoms with Gasteiger partial charge < -0.3 is 5.11 Å². The van der Waals surface area contributed by atoms with Gasteiger partial charge in [-0.3, -0.25) is 4.79 Å². The van der Waals surface area contributed by atoms with E-state index in [9.17, 15) is 9.90 Å². The van der Waals surface area contributed by atoms with Gasteiger partial charge in [-0.25, -0.2) is 4.98 Å². The number of hydrogen-bond donors (Lipinski definition) is 1. The Morgan fingerprint density at radius 1 is 1.35 bits per heavy atom.